The average Bonchev–Trinajstić information content (AvgIpc) is 2.87. The molecular formula is C16H21N3O. The monoisotopic (exact) mass is 271 g/mol. The van der Waals surface area contributed by atoms with Crippen molar-refractivity contribution in [1.29, 1.82) is 0 Å². The molecule has 1 amide bonds. The van der Waals surface area contributed by atoms with E-state index < -0.39 is 0 Å². The Morgan fingerprint density at radius 1 is 1.35 bits per heavy atom. The van der Waals surface area contributed by atoms with Crippen molar-refractivity contribution in [2.45, 2.75) is 40.0 Å². The first-order valence-corrected chi connectivity index (χ1v) is 7.08. The number of carbonyl (C=O) groups is 1. The van der Waals surface area contributed by atoms with Crippen LogP contribution < -0.4 is 5.32 Å². The predicted octanol–water partition coefficient (Wildman–Crippen LogP) is 3.35. The zero-order chi connectivity index (χ0) is 14.5. The molecule has 20 heavy (non-hydrogen) atoms. The highest BCUT2D eigenvalue weighted by Gasteiger charge is 2.08. The summed E-state index contributed by atoms with van der Waals surface area (Å²) in [5.74, 6) is 1.03. The van der Waals surface area contributed by atoms with E-state index >= 15 is 0 Å². The third-order valence-corrected chi connectivity index (χ3v) is 3.25. The smallest absolute Gasteiger partial charge is 0.221 e. The Morgan fingerprint density at radius 3 is 2.80 bits per heavy atom. The van der Waals surface area contributed by atoms with Crippen LogP contribution >= 0.6 is 0 Å². The molecule has 0 spiro atoms. The van der Waals surface area contributed by atoms with Crippen LogP contribution in [0.3, 0.4) is 0 Å². The Morgan fingerprint density at radius 2 is 2.15 bits per heavy atom. The van der Waals surface area contributed by atoms with Gasteiger partial charge in [-0.05, 0) is 36.6 Å². The third kappa shape index (κ3) is 3.07. The van der Waals surface area contributed by atoms with Gasteiger partial charge in [0.15, 0.2) is 0 Å². The van der Waals surface area contributed by atoms with Crippen LogP contribution in [0.4, 0.5) is 5.69 Å². The predicted molar refractivity (Wildman–Crippen MR) is 81.2 cm³/mol. The summed E-state index contributed by atoms with van der Waals surface area (Å²) in [7, 11) is 0. The quantitative estimate of drug-likeness (QED) is 0.906. The fraction of sp³-hybridized carbons (Fsp3) is 0.375. The molecule has 106 valence electrons. The zero-order valence-electron chi connectivity index (χ0n) is 12.3. The van der Waals surface area contributed by atoms with E-state index in [0.29, 0.717) is 0 Å². The summed E-state index contributed by atoms with van der Waals surface area (Å²) in [6, 6.07) is 6.10. The van der Waals surface area contributed by atoms with Gasteiger partial charge in [0.2, 0.25) is 5.91 Å². The Hall–Kier alpha value is -2.10. The second kappa shape index (κ2) is 6.37. The Bertz CT molecular complexity index is 602. The molecule has 2 rings (SSSR count). The fourth-order valence-electron chi connectivity index (χ4n) is 2.31. The highest BCUT2D eigenvalue weighted by atomic mass is 16.1. The van der Waals surface area contributed by atoms with Gasteiger partial charge in [0.1, 0.15) is 5.82 Å². The van der Waals surface area contributed by atoms with Crippen LogP contribution in [0.1, 0.15) is 38.6 Å². The van der Waals surface area contributed by atoms with E-state index in [1.165, 1.54) is 6.92 Å². The summed E-state index contributed by atoms with van der Waals surface area (Å²) in [5, 5.41) is 2.87. The van der Waals surface area contributed by atoms with Gasteiger partial charge in [-0.3, -0.25) is 4.79 Å². The van der Waals surface area contributed by atoms with Gasteiger partial charge in [-0.2, -0.15) is 0 Å². The molecular weight excluding hydrogens is 250 g/mol. The summed E-state index contributed by atoms with van der Waals surface area (Å²) in [5.41, 5.74) is 3.12. The standard InChI is InChI=1S/C16H21N3O/c1-4-6-16-17-9-10-19(16)14-7-8-15(18-12(3)20)13(5-2)11-14/h7-11H,4-6H2,1-3H3,(H,18,20). The normalized spacial score (nSPS) is 10.6. The lowest BCUT2D eigenvalue weighted by Crippen LogP contribution is -2.09. The van der Waals surface area contributed by atoms with Crippen molar-refractivity contribution in [3.63, 3.8) is 0 Å². The summed E-state index contributed by atoms with van der Waals surface area (Å²) in [6.07, 6.45) is 6.72. The maximum absolute atomic E-state index is 11.2. The van der Waals surface area contributed by atoms with Crippen molar-refractivity contribution in [3.8, 4) is 5.69 Å². The van der Waals surface area contributed by atoms with Gasteiger partial charge in [-0.15, -0.1) is 0 Å². The first-order valence-electron chi connectivity index (χ1n) is 7.08. The molecule has 1 N–H and O–H groups in total. The molecule has 0 atom stereocenters. The number of imidazole rings is 1. The van der Waals surface area contributed by atoms with Gasteiger partial charge in [-0.25, -0.2) is 4.98 Å². The number of benzene rings is 1. The summed E-state index contributed by atoms with van der Waals surface area (Å²) < 4.78 is 2.11. The summed E-state index contributed by atoms with van der Waals surface area (Å²) in [4.78, 5) is 15.6. The third-order valence-electron chi connectivity index (χ3n) is 3.25. The minimum absolute atomic E-state index is 0.0400. The number of aromatic nitrogens is 2. The number of anilines is 1. The van der Waals surface area contributed by atoms with Crippen LogP contribution in [0, 0.1) is 0 Å². The molecule has 0 fully saturated rings. The van der Waals surface area contributed by atoms with E-state index in [1.807, 2.05) is 24.5 Å². The van der Waals surface area contributed by atoms with Crippen molar-refractivity contribution in [1.82, 2.24) is 9.55 Å². The molecule has 0 saturated heterocycles. The van der Waals surface area contributed by atoms with Crippen molar-refractivity contribution in [2.24, 2.45) is 0 Å². The SMILES string of the molecule is CCCc1nccn1-c1ccc(NC(C)=O)c(CC)c1. The molecule has 2 aromatic rings. The molecule has 0 saturated carbocycles. The summed E-state index contributed by atoms with van der Waals surface area (Å²) in [6.45, 7) is 5.77. The lowest BCUT2D eigenvalue weighted by atomic mass is 10.1. The van der Waals surface area contributed by atoms with Crippen LogP contribution in [-0.2, 0) is 17.6 Å². The van der Waals surface area contributed by atoms with E-state index in [4.69, 9.17) is 0 Å². The molecule has 4 heteroatoms. The molecule has 1 aromatic heterocycles. The number of carbonyl (C=O) groups excluding carboxylic acids is 1. The number of hydrogen-bond acceptors (Lipinski definition) is 2. The second-order valence-corrected chi connectivity index (χ2v) is 4.84. The van der Waals surface area contributed by atoms with Gasteiger partial charge in [0.05, 0.1) is 0 Å². The Balaban J connectivity index is 2.38. The maximum atomic E-state index is 11.2. The Labute approximate surface area is 119 Å². The number of rotatable bonds is 5. The number of nitrogens with one attached hydrogen (secondary N) is 1. The van der Waals surface area contributed by atoms with Crippen molar-refractivity contribution in [3.05, 3.63) is 42.0 Å². The maximum Gasteiger partial charge on any atom is 0.221 e. The van der Waals surface area contributed by atoms with Crippen molar-refractivity contribution < 1.29 is 4.79 Å². The van der Waals surface area contributed by atoms with Crippen LogP contribution in [0.15, 0.2) is 30.6 Å². The first-order chi connectivity index (χ1) is 9.65. The van der Waals surface area contributed by atoms with E-state index in [-0.39, 0.29) is 5.91 Å². The fourth-order valence-corrected chi connectivity index (χ4v) is 2.31. The molecule has 0 aliphatic carbocycles. The van der Waals surface area contributed by atoms with Crippen LogP contribution in [0.2, 0.25) is 0 Å². The van der Waals surface area contributed by atoms with Crippen LogP contribution in [0.25, 0.3) is 5.69 Å². The number of hydrogen-bond donors (Lipinski definition) is 1. The molecule has 0 unspecified atom stereocenters. The second-order valence-electron chi connectivity index (χ2n) is 4.84. The van der Waals surface area contributed by atoms with E-state index in [2.05, 4.69) is 34.8 Å². The van der Waals surface area contributed by atoms with Crippen LogP contribution in [-0.4, -0.2) is 15.5 Å². The number of aryl methyl sites for hydroxylation is 2. The first kappa shape index (κ1) is 14.3. The van der Waals surface area contributed by atoms with E-state index in [1.54, 1.807) is 0 Å². The minimum atomic E-state index is -0.0400. The molecule has 0 radical (unpaired) electrons. The largest absolute Gasteiger partial charge is 0.326 e. The average molecular weight is 271 g/mol. The number of nitrogens with zero attached hydrogens (tertiary/aromatic N) is 2. The zero-order valence-corrected chi connectivity index (χ0v) is 12.3. The lowest BCUT2D eigenvalue weighted by molar-refractivity contribution is -0.114. The van der Waals surface area contributed by atoms with E-state index in [0.717, 1.165) is 42.0 Å². The summed E-state index contributed by atoms with van der Waals surface area (Å²) >= 11 is 0. The molecule has 0 aliphatic rings. The molecule has 4 nitrogen and oxygen atoms in total. The van der Waals surface area contributed by atoms with Gasteiger partial charge in [-0.1, -0.05) is 13.8 Å². The van der Waals surface area contributed by atoms with Gasteiger partial charge < -0.3 is 9.88 Å². The van der Waals surface area contributed by atoms with Gasteiger partial charge in [0, 0.05) is 37.1 Å². The topological polar surface area (TPSA) is 46.9 Å². The van der Waals surface area contributed by atoms with E-state index in [9.17, 15) is 4.79 Å². The van der Waals surface area contributed by atoms with Gasteiger partial charge in [0.25, 0.3) is 0 Å². The van der Waals surface area contributed by atoms with Crippen molar-refractivity contribution in [2.75, 3.05) is 5.32 Å². The molecule has 1 aromatic carbocycles. The highest BCUT2D eigenvalue weighted by molar-refractivity contribution is 5.89. The Kier molecular flexibility index (Phi) is 4.56. The highest BCUT2D eigenvalue weighted by Crippen LogP contribution is 2.22. The number of amides is 1. The molecule has 0 aliphatic heterocycles. The molecule has 0 bridgehead atoms. The van der Waals surface area contributed by atoms with Gasteiger partial charge >= 0.3 is 0 Å². The molecule has 1 heterocycles. The van der Waals surface area contributed by atoms with Crippen molar-refractivity contribution >= 4 is 11.6 Å². The minimum Gasteiger partial charge on any atom is -0.326 e. The van der Waals surface area contributed by atoms with Crippen LogP contribution in [0.5, 0.6) is 0 Å². The lowest BCUT2D eigenvalue weighted by Gasteiger charge is -2.13.